The minimum absolute atomic E-state index is 0.0615. The Bertz CT molecular complexity index is 343. The van der Waals surface area contributed by atoms with Gasteiger partial charge in [0, 0.05) is 12.6 Å². The van der Waals surface area contributed by atoms with Crippen LogP contribution in [-0.4, -0.2) is 40.0 Å². The maximum absolute atomic E-state index is 11.5. The van der Waals surface area contributed by atoms with E-state index < -0.39 is 0 Å². The average Bonchev–Trinajstić information content (AvgIpc) is 2.77. The Morgan fingerprint density at radius 3 is 3.27 bits per heavy atom. The molecule has 2 heterocycles. The number of amides is 1. The van der Waals surface area contributed by atoms with E-state index in [1.165, 1.54) is 10.9 Å². The molecule has 4 N–H and O–H groups in total. The van der Waals surface area contributed by atoms with Gasteiger partial charge in [0.15, 0.2) is 5.82 Å². The summed E-state index contributed by atoms with van der Waals surface area (Å²) < 4.78 is 1.42. The monoisotopic (exact) mass is 210 g/mol. The molecule has 0 aromatic carbocycles. The Morgan fingerprint density at radius 1 is 1.80 bits per heavy atom. The molecule has 1 aromatic heterocycles. The van der Waals surface area contributed by atoms with Crippen LogP contribution in [0.4, 0.5) is 5.82 Å². The lowest BCUT2D eigenvalue weighted by Crippen LogP contribution is -2.38. The van der Waals surface area contributed by atoms with Gasteiger partial charge in [-0.25, -0.2) is 4.68 Å². The molecule has 1 amide bonds. The lowest BCUT2D eigenvalue weighted by atomic mass is 10.2. The van der Waals surface area contributed by atoms with Crippen LogP contribution >= 0.6 is 0 Å². The molecule has 0 spiro atoms. The molecule has 1 fully saturated rings. The van der Waals surface area contributed by atoms with Crippen LogP contribution in [-0.2, 0) is 11.3 Å². The third-order valence-corrected chi connectivity index (χ3v) is 2.29. The lowest BCUT2D eigenvalue weighted by molar-refractivity contribution is -0.122. The minimum Gasteiger partial charge on any atom is -0.381 e. The van der Waals surface area contributed by atoms with Crippen LogP contribution in [0.3, 0.4) is 0 Å². The second kappa shape index (κ2) is 4.26. The molecule has 1 aliphatic rings. The quantitative estimate of drug-likeness (QED) is 0.554. The summed E-state index contributed by atoms with van der Waals surface area (Å²) in [4.78, 5) is 11.5. The number of nitrogens with one attached hydrogen (secondary N) is 2. The van der Waals surface area contributed by atoms with E-state index in [1.54, 1.807) is 0 Å². The van der Waals surface area contributed by atoms with Crippen molar-refractivity contribution in [3.63, 3.8) is 0 Å². The normalized spacial score (nSPS) is 20.4. The number of hydrogen-bond donors (Lipinski definition) is 3. The summed E-state index contributed by atoms with van der Waals surface area (Å²) >= 11 is 0. The van der Waals surface area contributed by atoms with Gasteiger partial charge in [0.05, 0.1) is 6.20 Å². The fraction of sp³-hybridized carbons (Fsp3) is 0.625. The zero-order chi connectivity index (χ0) is 10.7. The van der Waals surface area contributed by atoms with Gasteiger partial charge in [-0.3, -0.25) is 4.79 Å². The molecule has 1 aromatic rings. The van der Waals surface area contributed by atoms with E-state index in [0.29, 0.717) is 5.82 Å². The molecule has 7 nitrogen and oxygen atoms in total. The Labute approximate surface area is 87.0 Å². The first kappa shape index (κ1) is 9.91. The van der Waals surface area contributed by atoms with Crippen LogP contribution in [0.15, 0.2) is 6.20 Å². The maximum atomic E-state index is 11.5. The summed E-state index contributed by atoms with van der Waals surface area (Å²) in [7, 11) is 0. The van der Waals surface area contributed by atoms with E-state index in [2.05, 4.69) is 20.9 Å². The molecule has 1 atom stereocenters. The highest BCUT2D eigenvalue weighted by atomic mass is 16.2. The standard InChI is InChI=1S/C8H14N6O/c9-7-4-14(13-12-7)5-8(15)11-6-1-2-10-3-6/h4,6,10H,1-3,5,9H2,(H,11,15). The number of nitrogens with two attached hydrogens (primary N) is 1. The fourth-order valence-corrected chi connectivity index (χ4v) is 1.59. The second-order valence-electron chi connectivity index (χ2n) is 3.60. The molecule has 1 saturated heterocycles. The van der Waals surface area contributed by atoms with Crippen molar-refractivity contribution in [2.24, 2.45) is 0 Å². The number of rotatable bonds is 3. The smallest absolute Gasteiger partial charge is 0.242 e. The first-order chi connectivity index (χ1) is 7.24. The molecule has 1 unspecified atom stereocenters. The van der Waals surface area contributed by atoms with Crippen molar-refractivity contribution in [1.82, 2.24) is 25.6 Å². The van der Waals surface area contributed by atoms with Gasteiger partial charge in [-0.1, -0.05) is 5.21 Å². The first-order valence-corrected chi connectivity index (χ1v) is 4.90. The van der Waals surface area contributed by atoms with Crippen molar-refractivity contribution >= 4 is 11.7 Å². The van der Waals surface area contributed by atoms with Crippen LogP contribution in [0.2, 0.25) is 0 Å². The van der Waals surface area contributed by atoms with E-state index in [-0.39, 0.29) is 18.5 Å². The topological polar surface area (TPSA) is 97.9 Å². The third-order valence-electron chi connectivity index (χ3n) is 2.29. The van der Waals surface area contributed by atoms with Gasteiger partial charge < -0.3 is 16.4 Å². The molecular formula is C8H14N6O. The zero-order valence-electron chi connectivity index (χ0n) is 8.31. The fourth-order valence-electron chi connectivity index (χ4n) is 1.59. The number of carbonyl (C=O) groups is 1. The molecule has 1 aliphatic heterocycles. The van der Waals surface area contributed by atoms with Crippen molar-refractivity contribution in [3.8, 4) is 0 Å². The van der Waals surface area contributed by atoms with Gasteiger partial charge in [0.25, 0.3) is 0 Å². The molecule has 7 heteroatoms. The maximum Gasteiger partial charge on any atom is 0.242 e. The summed E-state index contributed by atoms with van der Waals surface area (Å²) in [6, 6.07) is 0.235. The highest BCUT2D eigenvalue weighted by Crippen LogP contribution is 1.97. The summed E-state index contributed by atoms with van der Waals surface area (Å²) in [6.45, 7) is 1.97. The summed E-state index contributed by atoms with van der Waals surface area (Å²) in [5, 5.41) is 13.4. The van der Waals surface area contributed by atoms with Gasteiger partial charge in [-0.15, -0.1) is 5.10 Å². The number of nitrogens with zero attached hydrogens (tertiary/aromatic N) is 3. The highest BCUT2D eigenvalue weighted by Gasteiger charge is 2.16. The third kappa shape index (κ3) is 2.66. The number of nitrogen functional groups attached to an aromatic ring is 1. The van der Waals surface area contributed by atoms with Crippen LogP contribution in [0.1, 0.15) is 6.42 Å². The molecule has 82 valence electrons. The molecule has 0 bridgehead atoms. The number of hydrogen-bond acceptors (Lipinski definition) is 5. The lowest BCUT2D eigenvalue weighted by Gasteiger charge is -2.10. The molecule has 0 radical (unpaired) electrons. The van der Waals surface area contributed by atoms with E-state index in [1.807, 2.05) is 0 Å². The van der Waals surface area contributed by atoms with Crippen LogP contribution in [0.5, 0.6) is 0 Å². The van der Waals surface area contributed by atoms with E-state index in [0.717, 1.165) is 19.5 Å². The van der Waals surface area contributed by atoms with Crippen LogP contribution in [0, 0.1) is 0 Å². The number of anilines is 1. The Kier molecular flexibility index (Phi) is 2.82. The predicted octanol–water partition coefficient (Wildman–Crippen LogP) is -1.66. The Balaban J connectivity index is 1.81. The highest BCUT2D eigenvalue weighted by molar-refractivity contribution is 5.76. The molecular weight excluding hydrogens is 196 g/mol. The van der Waals surface area contributed by atoms with E-state index >= 15 is 0 Å². The van der Waals surface area contributed by atoms with Crippen molar-refractivity contribution in [2.45, 2.75) is 19.0 Å². The van der Waals surface area contributed by atoms with Crippen LogP contribution in [0.25, 0.3) is 0 Å². The van der Waals surface area contributed by atoms with Crippen molar-refractivity contribution in [3.05, 3.63) is 6.20 Å². The van der Waals surface area contributed by atoms with E-state index in [4.69, 9.17) is 5.73 Å². The van der Waals surface area contributed by atoms with Gasteiger partial charge in [-0.05, 0) is 13.0 Å². The number of carbonyl (C=O) groups excluding carboxylic acids is 1. The molecule has 15 heavy (non-hydrogen) atoms. The van der Waals surface area contributed by atoms with Gasteiger partial charge in [0.1, 0.15) is 6.54 Å². The molecule has 0 saturated carbocycles. The summed E-state index contributed by atoms with van der Waals surface area (Å²) in [6.07, 6.45) is 2.51. The molecule has 2 rings (SSSR count). The van der Waals surface area contributed by atoms with Gasteiger partial charge in [0.2, 0.25) is 5.91 Å². The largest absolute Gasteiger partial charge is 0.381 e. The minimum atomic E-state index is -0.0615. The SMILES string of the molecule is Nc1cn(CC(=O)NC2CCNC2)nn1. The van der Waals surface area contributed by atoms with Crippen molar-refractivity contribution < 1.29 is 4.79 Å². The van der Waals surface area contributed by atoms with Crippen LogP contribution < -0.4 is 16.4 Å². The molecule has 0 aliphatic carbocycles. The Hall–Kier alpha value is -1.63. The zero-order valence-corrected chi connectivity index (χ0v) is 8.31. The van der Waals surface area contributed by atoms with Crippen molar-refractivity contribution in [2.75, 3.05) is 18.8 Å². The van der Waals surface area contributed by atoms with Gasteiger partial charge >= 0.3 is 0 Å². The second-order valence-corrected chi connectivity index (χ2v) is 3.60. The number of aromatic nitrogens is 3. The average molecular weight is 210 g/mol. The predicted molar refractivity (Wildman–Crippen MR) is 53.9 cm³/mol. The Morgan fingerprint density at radius 2 is 2.67 bits per heavy atom. The first-order valence-electron chi connectivity index (χ1n) is 4.90. The van der Waals surface area contributed by atoms with E-state index in [9.17, 15) is 4.79 Å². The summed E-state index contributed by atoms with van der Waals surface area (Å²) in [5.41, 5.74) is 5.38. The van der Waals surface area contributed by atoms with Gasteiger partial charge in [-0.2, -0.15) is 0 Å². The van der Waals surface area contributed by atoms with Crippen molar-refractivity contribution in [1.29, 1.82) is 0 Å². The summed E-state index contributed by atoms with van der Waals surface area (Å²) in [5.74, 6) is 0.263.